The van der Waals surface area contributed by atoms with Crippen molar-refractivity contribution < 1.29 is 14.7 Å². The van der Waals surface area contributed by atoms with Crippen LogP contribution in [0.2, 0.25) is 0 Å². The Morgan fingerprint density at radius 3 is 2.36 bits per heavy atom. The predicted molar refractivity (Wildman–Crippen MR) is 87.6 cm³/mol. The van der Waals surface area contributed by atoms with Gasteiger partial charge in [0.15, 0.2) is 0 Å². The smallest absolute Gasteiger partial charge is 0.408 e. The molecule has 0 aliphatic heterocycles. The van der Waals surface area contributed by atoms with Gasteiger partial charge in [-0.15, -0.1) is 0 Å². The molecular formula is C17H24N2O3. The van der Waals surface area contributed by atoms with Gasteiger partial charge in [-0.1, -0.05) is 42.5 Å². The minimum Gasteiger partial charge on any atom is -0.465 e. The predicted octanol–water partition coefficient (Wildman–Crippen LogP) is 2.98. The minimum atomic E-state index is -1.10. The number of hydrogen-bond acceptors (Lipinski definition) is 2. The Balaban J connectivity index is 2.57. The van der Waals surface area contributed by atoms with Gasteiger partial charge in [0.2, 0.25) is 5.91 Å². The molecule has 0 radical (unpaired) electrons. The van der Waals surface area contributed by atoms with Gasteiger partial charge in [0.1, 0.15) is 6.04 Å². The van der Waals surface area contributed by atoms with Crippen LogP contribution < -0.4 is 5.32 Å². The number of carbonyl (C=O) groups excluding carboxylic acids is 1. The van der Waals surface area contributed by atoms with E-state index in [2.05, 4.69) is 5.32 Å². The Bertz CT molecular complexity index is 533. The van der Waals surface area contributed by atoms with E-state index in [1.165, 1.54) is 0 Å². The molecule has 5 nitrogen and oxygen atoms in total. The molecule has 22 heavy (non-hydrogen) atoms. The van der Waals surface area contributed by atoms with Crippen molar-refractivity contribution in [2.45, 2.75) is 39.3 Å². The maximum absolute atomic E-state index is 12.1. The second kappa shape index (κ2) is 7.64. The molecule has 0 heterocycles. The molecule has 0 spiro atoms. The third-order valence-electron chi connectivity index (χ3n) is 3.20. The summed E-state index contributed by atoms with van der Waals surface area (Å²) >= 11 is 0. The standard InChI is InChI=1S/C17H24N2O3/c1-13(19(16(21)22)17(2,3)4)15(20)18-12-8-11-14-9-6-5-7-10-14/h5-11,13H,12H2,1-4H3,(H,18,20)(H,21,22)/t13-/m1/s1. The van der Waals surface area contributed by atoms with Crippen molar-refractivity contribution >= 4 is 18.1 Å². The summed E-state index contributed by atoms with van der Waals surface area (Å²) in [5.41, 5.74) is 0.411. The molecule has 0 fully saturated rings. The van der Waals surface area contributed by atoms with Gasteiger partial charge in [0.05, 0.1) is 0 Å². The van der Waals surface area contributed by atoms with E-state index >= 15 is 0 Å². The first kappa shape index (κ1) is 17.8. The minimum absolute atomic E-state index is 0.310. The molecule has 120 valence electrons. The van der Waals surface area contributed by atoms with Crippen molar-refractivity contribution in [2.24, 2.45) is 0 Å². The van der Waals surface area contributed by atoms with Crippen LogP contribution in [0, 0.1) is 0 Å². The normalized spacial score (nSPS) is 12.9. The average molecular weight is 304 g/mol. The van der Waals surface area contributed by atoms with Crippen LogP contribution in [0.3, 0.4) is 0 Å². The van der Waals surface area contributed by atoms with Gasteiger partial charge in [0.25, 0.3) is 0 Å². The fourth-order valence-corrected chi connectivity index (χ4v) is 2.22. The van der Waals surface area contributed by atoms with Crippen LogP contribution in [-0.4, -0.2) is 40.1 Å². The van der Waals surface area contributed by atoms with Gasteiger partial charge >= 0.3 is 6.09 Å². The summed E-state index contributed by atoms with van der Waals surface area (Å²) < 4.78 is 0. The zero-order valence-electron chi connectivity index (χ0n) is 13.5. The highest BCUT2D eigenvalue weighted by Gasteiger charge is 2.34. The first-order valence-electron chi connectivity index (χ1n) is 7.25. The fourth-order valence-electron chi connectivity index (χ4n) is 2.22. The van der Waals surface area contributed by atoms with Crippen LogP contribution in [0.4, 0.5) is 4.79 Å². The van der Waals surface area contributed by atoms with Crippen molar-refractivity contribution in [3.8, 4) is 0 Å². The summed E-state index contributed by atoms with van der Waals surface area (Å²) in [4.78, 5) is 24.6. The Labute approximate surface area is 131 Å². The zero-order chi connectivity index (χ0) is 16.8. The van der Waals surface area contributed by atoms with Crippen molar-refractivity contribution in [3.63, 3.8) is 0 Å². The lowest BCUT2D eigenvalue weighted by atomic mass is 10.0. The Hall–Kier alpha value is -2.30. The molecular weight excluding hydrogens is 280 g/mol. The molecule has 2 amide bonds. The molecule has 5 heteroatoms. The van der Waals surface area contributed by atoms with Crippen LogP contribution in [0.15, 0.2) is 36.4 Å². The van der Waals surface area contributed by atoms with Crippen LogP contribution in [0.1, 0.15) is 33.3 Å². The molecule has 1 atom stereocenters. The largest absolute Gasteiger partial charge is 0.465 e. The third kappa shape index (κ3) is 5.24. The lowest BCUT2D eigenvalue weighted by molar-refractivity contribution is -0.126. The van der Waals surface area contributed by atoms with E-state index < -0.39 is 17.7 Å². The molecule has 0 aromatic heterocycles. The molecule has 0 saturated heterocycles. The number of nitrogens with zero attached hydrogens (tertiary/aromatic N) is 1. The maximum Gasteiger partial charge on any atom is 0.408 e. The first-order chi connectivity index (χ1) is 10.2. The molecule has 0 aliphatic carbocycles. The van der Waals surface area contributed by atoms with E-state index in [-0.39, 0.29) is 5.91 Å². The molecule has 0 saturated carbocycles. The molecule has 0 bridgehead atoms. The number of carboxylic acid groups (broad SMARTS) is 1. The monoisotopic (exact) mass is 304 g/mol. The molecule has 0 unspecified atom stereocenters. The summed E-state index contributed by atoms with van der Waals surface area (Å²) in [7, 11) is 0. The highest BCUT2D eigenvalue weighted by molar-refractivity contribution is 5.85. The van der Waals surface area contributed by atoms with Gasteiger partial charge in [-0.2, -0.15) is 0 Å². The van der Waals surface area contributed by atoms with E-state index in [0.717, 1.165) is 10.5 Å². The number of hydrogen-bond donors (Lipinski definition) is 2. The molecule has 1 rings (SSSR count). The summed E-state index contributed by atoms with van der Waals surface area (Å²) in [6, 6.07) is 9.00. The van der Waals surface area contributed by atoms with Crippen molar-refractivity contribution in [3.05, 3.63) is 42.0 Å². The quantitative estimate of drug-likeness (QED) is 0.878. The van der Waals surface area contributed by atoms with Crippen molar-refractivity contribution in [1.82, 2.24) is 10.2 Å². The summed E-state index contributed by atoms with van der Waals surface area (Å²) in [6.45, 7) is 7.24. The summed E-state index contributed by atoms with van der Waals surface area (Å²) in [5, 5.41) is 12.0. The molecule has 1 aromatic carbocycles. The Morgan fingerprint density at radius 1 is 1.27 bits per heavy atom. The van der Waals surface area contributed by atoms with Gasteiger partial charge < -0.3 is 10.4 Å². The number of nitrogens with one attached hydrogen (secondary N) is 1. The Morgan fingerprint density at radius 2 is 1.86 bits per heavy atom. The van der Waals surface area contributed by atoms with Gasteiger partial charge in [-0.25, -0.2) is 4.79 Å². The lowest BCUT2D eigenvalue weighted by Crippen LogP contribution is -2.55. The fraction of sp³-hybridized carbons (Fsp3) is 0.412. The first-order valence-corrected chi connectivity index (χ1v) is 7.25. The molecule has 1 aromatic rings. The van der Waals surface area contributed by atoms with Crippen LogP contribution in [-0.2, 0) is 4.79 Å². The average Bonchev–Trinajstić information content (AvgIpc) is 2.42. The highest BCUT2D eigenvalue weighted by atomic mass is 16.4. The molecule has 2 N–H and O–H groups in total. The van der Waals surface area contributed by atoms with Crippen molar-refractivity contribution in [1.29, 1.82) is 0 Å². The summed E-state index contributed by atoms with van der Waals surface area (Å²) in [6.07, 6.45) is 2.64. The van der Waals surface area contributed by atoms with Crippen LogP contribution >= 0.6 is 0 Å². The Kier molecular flexibility index (Phi) is 6.16. The maximum atomic E-state index is 12.1. The van der Waals surface area contributed by atoms with E-state index in [9.17, 15) is 14.7 Å². The third-order valence-corrected chi connectivity index (χ3v) is 3.20. The van der Waals surface area contributed by atoms with E-state index in [0.29, 0.717) is 6.54 Å². The number of amides is 2. The number of carbonyl (C=O) groups is 2. The second-order valence-corrected chi connectivity index (χ2v) is 6.06. The number of benzene rings is 1. The van der Waals surface area contributed by atoms with E-state index in [1.807, 2.05) is 42.5 Å². The SMILES string of the molecule is C[C@H](C(=O)NCC=Cc1ccccc1)N(C(=O)O)C(C)(C)C. The van der Waals surface area contributed by atoms with E-state index in [4.69, 9.17) is 0 Å². The zero-order valence-corrected chi connectivity index (χ0v) is 13.5. The lowest BCUT2D eigenvalue weighted by Gasteiger charge is -2.37. The van der Waals surface area contributed by atoms with Crippen molar-refractivity contribution in [2.75, 3.05) is 6.54 Å². The van der Waals surface area contributed by atoms with Crippen LogP contribution in [0.25, 0.3) is 6.08 Å². The molecule has 0 aliphatic rings. The van der Waals surface area contributed by atoms with Gasteiger partial charge in [-0.3, -0.25) is 9.69 Å². The highest BCUT2D eigenvalue weighted by Crippen LogP contribution is 2.17. The topological polar surface area (TPSA) is 69.6 Å². The van der Waals surface area contributed by atoms with Gasteiger partial charge in [0, 0.05) is 12.1 Å². The van der Waals surface area contributed by atoms with Gasteiger partial charge in [-0.05, 0) is 33.3 Å². The van der Waals surface area contributed by atoms with E-state index in [1.54, 1.807) is 27.7 Å². The number of rotatable bonds is 5. The van der Waals surface area contributed by atoms with Crippen LogP contribution in [0.5, 0.6) is 0 Å². The second-order valence-electron chi connectivity index (χ2n) is 6.06. The summed E-state index contributed by atoms with van der Waals surface area (Å²) in [5.74, 6) is -0.310.